The number of carbonyl (C=O) groups is 1. The number of nitrogens with two attached hydrogens (primary N) is 1. The molecule has 2 N–H and O–H groups in total. The molecule has 0 saturated carbocycles. The van der Waals surface area contributed by atoms with Gasteiger partial charge >= 0.3 is 0 Å². The minimum Gasteiger partial charge on any atom is -0.369 e. The molecule has 124 valence electrons. The highest BCUT2D eigenvalue weighted by Crippen LogP contribution is 2.36. The fraction of sp³-hybridized carbons (Fsp3) is 0.263. The Labute approximate surface area is 146 Å². The zero-order valence-electron chi connectivity index (χ0n) is 14.0. The first-order valence-corrected chi connectivity index (χ1v) is 8.17. The van der Waals surface area contributed by atoms with Crippen LogP contribution in [-0.4, -0.2) is 23.8 Å². The summed E-state index contributed by atoms with van der Waals surface area (Å²) in [6, 6.07) is 13.9. The first kappa shape index (κ1) is 16.5. The summed E-state index contributed by atoms with van der Waals surface area (Å²) >= 11 is 6.15. The zero-order valence-corrected chi connectivity index (χ0v) is 14.8. The number of guanidine groups is 1. The smallest absolute Gasteiger partial charge is 0.231 e. The first-order chi connectivity index (χ1) is 11.3. The third-order valence-electron chi connectivity index (χ3n) is 4.57. The van der Waals surface area contributed by atoms with E-state index < -0.39 is 5.54 Å². The SMILES string of the molecule is Cc1ccc(Cl)cc1-c1cccc(C2(C)CC(=O)N(C)C(N)=N2)c1. The van der Waals surface area contributed by atoms with Crippen LogP contribution < -0.4 is 5.73 Å². The third-order valence-corrected chi connectivity index (χ3v) is 4.80. The van der Waals surface area contributed by atoms with E-state index in [2.05, 4.69) is 18.0 Å². The number of aliphatic imine (C=N–C) groups is 1. The Balaban J connectivity index is 2.08. The Bertz CT molecular complexity index is 846. The summed E-state index contributed by atoms with van der Waals surface area (Å²) in [6.45, 7) is 3.99. The van der Waals surface area contributed by atoms with Crippen LogP contribution in [0.3, 0.4) is 0 Å². The zero-order chi connectivity index (χ0) is 17.5. The number of benzene rings is 2. The maximum absolute atomic E-state index is 12.2. The van der Waals surface area contributed by atoms with Crippen molar-refractivity contribution in [2.24, 2.45) is 10.7 Å². The lowest BCUT2D eigenvalue weighted by Gasteiger charge is -2.33. The fourth-order valence-electron chi connectivity index (χ4n) is 3.00. The molecule has 3 rings (SSSR count). The Kier molecular flexibility index (Phi) is 4.10. The molecule has 2 aromatic carbocycles. The summed E-state index contributed by atoms with van der Waals surface area (Å²) in [5, 5.41) is 0.698. The van der Waals surface area contributed by atoms with Crippen LogP contribution in [0, 0.1) is 6.92 Å². The highest BCUT2D eigenvalue weighted by molar-refractivity contribution is 6.30. The number of hydrogen-bond acceptors (Lipinski definition) is 3. The van der Waals surface area contributed by atoms with Crippen molar-refractivity contribution in [3.8, 4) is 11.1 Å². The Morgan fingerprint density at radius 1 is 1.25 bits per heavy atom. The van der Waals surface area contributed by atoms with Gasteiger partial charge in [-0.3, -0.25) is 9.69 Å². The van der Waals surface area contributed by atoms with Crippen LogP contribution in [0.5, 0.6) is 0 Å². The molecule has 24 heavy (non-hydrogen) atoms. The van der Waals surface area contributed by atoms with E-state index in [0.29, 0.717) is 11.4 Å². The van der Waals surface area contributed by atoms with E-state index in [-0.39, 0.29) is 11.9 Å². The number of rotatable bonds is 2. The standard InChI is InChI=1S/C19H20ClN3O/c1-12-7-8-15(20)10-16(12)13-5-4-6-14(9-13)19(2)11-17(24)23(3)18(21)22-19/h4-10H,11H2,1-3H3,(H2,21,22). The number of halogens is 1. The number of amides is 1. The molecule has 1 aliphatic heterocycles. The molecule has 4 nitrogen and oxygen atoms in total. The lowest BCUT2D eigenvalue weighted by atomic mass is 9.85. The molecule has 2 aromatic rings. The number of aryl methyl sites for hydroxylation is 1. The summed E-state index contributed by atoms with van der Waals surface area (Å²) in [4.78, 5) is 18.2. The van der Waals surface area contributed by atoms with Gasteiger partial charge in [0, 0.05) is 12.1 Å². The van der Waals surface area contributed by atoms with Crippen LogP contribution >= 0.6 is 11.6 Å². The monoisotopic (exact) mass is 341 g/mol. The molecule has 1 aliphatic rings. The summed E-state index contributed by atoms with van der Waals surface area (Å²) in [6.07, 6.45) is 0.294. The van der Waals surface area contributed by atoms with Crippen LogP contribution in [0.2, 0.25) is 5.02 Å². The van der Waals surface area contributed by atoms with Crippen LogP contribution in [-0.2, 0) is 10.3 Å². The van der Waals surface area contributed by atoms with Gasteiger partial charge in [0.1, 0.15) is 0 Å². The van der Waals surface area contributed by atoms with Gasteiger partial charge in [0.25, 0.3) is 0 Å². The van der Waals surface area contributed by atoms with Gasteiger partial charge in [-0.2, -0.15) is 0 Å². The molecule has 0 aliphatic carbocycles. The van der Waals surface area contributed by atoms with Crippen molar-refractivity contribution in [2.75, 3.05) is 7.05 Å². The molecule has 1 unspecified atom stereocenters. The molecule has 0 spiro atoms. The van der Waals surface area contributed by atoms with Gasteiger partial charge < -0.3 is 5.73 Å². The molecular formula is C19H20ClN3O. The van der Waals surface area contributed by atoms with Crippen molar-refractivity contribution >= 4 is 23.5 Å². The predicted octanol–water partition coefficient (Wildman–Crippen LogP) is 3.71. The Morgan fingerprint density at radius 2 is 2.00 bits per heavy atom. The fourth-order valence-corrected chi connectivity index (χ4v) is 3.17. The van der Waals surface area contributed by atoms with Gasteiger partial charge in [-0.15, -0.1) is 0 Å². The molecule has 0 aromatic heterocycles. The molecule has 0 radical (unpaired) electrons. The van der Waals surface area contributed by atoms with E-state index >= 15 is 0 Å². The van der Waals surface area contributed by atoms with Crippen LogP contribution in [0.1, 0.15) is 24.5 Å². The first-order valence-electron chi connectivity index (χ1n) is 7.79. The average Bonchev–Trinajstić information content (AvgIpc) is 2.55. The largest absolute Gasteiger partial charge is 0.369 e. The van der Waals surface area contributed by atoms with Crippen molar-refractivity contribution in [3.05, 3.63) is 58.6 Å². The third kappa shape index (κ3) is 2.89. The highest BCUT2D eigenvalue weighted by atomic mass is 35.5. The van der Waals surface area contributed by atoms with Crippen molar-refractivity contribution < 1.29 is 4.79 Å². The van der Waals surface area contributed by atoms with Crippen molar-refractivity contribution in [1.82, 2.24) is 4.90 Å². The minimum absolute atomic E-state index is 0.0330. The summed E-state index contributed by atoms with van der Waals surface area (Å²) < 4.78 is 0. The second kappa shape index (κ2) is 5.95. The molecule has 5 heteroatoms. The van der Waals surface area contributed by atoms with Crippen molar-refractivity contribution in [2.45, 2.75) is 25.8 Å². The van der Waals surface area contributed by atoms with Crippen molar-refractivity contribution in [1.29, 1.82) is 0 Å². The highest BCUT2D eigenvalue weighted by Gasteiger charge is 2.36. The normalized spacial score (nSPS) is 20.9. The van der Waals surface area contributed by atoms with Gasteiger partial charge in [0.05, 0.1) is 12.0 Å². The van der Waals surface area contributed by atoms with E-state index in [0.717, 1.165) is 22.3 Å². The molecule has 0 fully saturated rings. The minimum atomic E-state index is -0.657. The molecule has 0 bridgehead atoms. The van der Waals surface area contributed by atoms with E-state index in [1.165, 1.54) is 4.90 Å². The molecule has 1 amide bonds. The lowest BCUT2D eigenvalue weighted by molar-refractivity contribution is -0.128. The molecular weight excluding hydrogens is 322 g/mol. The number of hydrogen-bond donors (Lipinski definition) is 1. The lowest BCUT2D eigenvalue weighted by Crippen LogP contribution is -2.47. The van der Waals surface area contributed by atoms with Gasteiger partial charge in [0.15, 0.2) is 5.96 Å². The predicted molar refractivity (Wildman–Crippen MR) is 98.0 cm³/mol. The van der Waals surface area contributed by atoms with E-state index in [4.69, 9.17) is 17.3 Å². The van der Waals surface area contributed by atoms with E-state index in [1.54, 1.807) is 7.05 Å². The van der Waals surface area contributed by atoms with Crippen LogP contribution in [0.15, 0.2) is 47.5 Å². The van der Waals surface area contributed by atoms with Crippen molar-refractivity contribution in [3.63, 3.8) is 0 Å². The quantitative estimate of drug-likeness (QED) is 0.905. The van der Waals surface area contributed by atoms with Gasteiger partial charge in [-0.25, -0.2) is 4.99 Å². The Morgan fingerprint density at radius 3 is 2.71 bits per heavy atom. The molecule has 1 heterocycles. The summed E-state index contributed by atoms with van der Waals surface area (Å²) in [5.41, 5.74) is 9.48. The maximum Gasteiger partial charge on any atom is 0.231 e. The van der Waals surface area contributed by atoms with Gasteiger partial charge in [0.2, 0.25) is 5.91 Å². The molecule has 1 atom stereocenters. The topological polar surface area (TPSA) is 58.7 Å². The Hall–Kier alpha value is -2.33. The van der Waals surface area contributed by atoms with Gasteiger partial charge in [-0.05, 0) is 54.3 Å². The number of carbonyl (C=O) groups excluding carboxylic acids is 1. The van der Waals surface area contributed by atoms with Gasteiger partial charge in [-0.1, -0.05) is 35.9 Å². The van der Waals surface area contributed by atoms with E-state index in [1.807, 2.05) is 43.3 Å². The average molecular weight is 342 g/mol. The second-order valence-electron chi connectivity index (χ2n) is 6.41. The maximum atomic E-state index is 12.2. The summed E-state index contributed by atoms with van der Waals surface area (Å²) in [5.74, 6) is 0.215. The molecule has 0 saturated heterocycles. The number of nitrogens with zero attached hydrogens (tertiary/aromatic N) is 2. The van der Waals surface area contributed by atoms with Crippen LogP contribution in [0.25, 0.3) is 11.1 Å². The van der Waals surface area contributed by atoms with E-state index in [9.17, 15) is 4.79 Å². The van der Waals surface area contributed by atoms with Crippen LogP contribution in [0.4, 0.5) is 0 Å². The summed E-state index contributed by atoms with van der Waals surface area (Å²) in [7, 11) is 1.65. The second-order valence-corrected chi connectivity index (χ2v) is 6.85.